The number of aliphatic hydroxyl groups excluding tert-OH is 1. The molecule has 3 rings (SSSR count). The molecule has 5 nitrogen and oxygen atoms in total. The SMILES string of the molecule is CC1=CC=C(O)C(N=Nc2cc(C)ccc2O)(c2nccs2)C1. The van der Waals surface area contributed by atoms with Crippen molar-refractivity contribution in [2.75, 3.05) is 0 Å². The predicted molar refractivity (Wildman–Crippen MR) is 90.2 cm³/mol. The largest absolute Gasteiger partial charge is 0.509 e. The zero-order chi connectivity index (χ0) is 16.4. The molecule has 0 spiro atoms. The summed E-state index contributed by atoms with van der Waals surface area (Å²) in [7, 11) is 0. The van der Waals surface area contributed by atoms with Gasteiger partial charge in [0.05, 0.1) is 0 Å². The number of aliphatic hydroxyl groups is 1. The Bertz CT molecular complexity index is 809. The molecule has 6 heteroatoms. The molecule has 0 bridgehead atoms. The van der Waals surface area contributed by atoms with Crippen LogP contribution in [0.25, 0.3) is 0 Å². The van der Waals surface area contributed by atoms with Crippen LogP contribution in [0.2, 0.25) is 0 Å². The Morgan fingerprint density at radius 2 is 2.04 bits per heavy atom. The number of allylic oxidation sites excluding steroid dienone is 2. The quantitative estimate of drug-likeness (QED) is 0.785. The minimum atomic E-state index is -1.02. The first-order valence-electron chi connectivity index (χ1n) is 7.21. The highest BCUT2D eigenvalue weighted by Gasteiger charge is 2.41. The number of nitrogens with zero attached hydrogens (tertiary/aromatic N) is 3. The van der Waals surface area contributed by atoms with E-state index in [-0.39, 0.29) is 11.5 Å². The van der Waals surface area contributed by atoms with Crippen molar-refractivity contribution in [3.63, 3.8) is 0 Å². The average Bonchev–Trinajstić information content (AvgIpc) is 3.06. The Kier molecular flexibility index (Phi) is 4.00. The van der Waals surface area contributed by atoms with Crippen molar-refractivity contribution >= 4 is 17.0 Å². The number of hydrogen-bond acceptors (Lipinski definition) is 6. The molecule has 1 atom stereocenters. The lowest BCUT2D eigenvalue weighted by Gasteiger charge is -2.28. The topological polar surface area (TPSA) is 78.1 Å². The highest BCUT2D eigenvalue weighted by molar-refractivity contribution is 7.09. The van der Waals surface area contributed by atoms with Crippen LogP contribution >= 0.6 is 11.3 Å². The van der Waals surface area contributed by atoms with Crippen molar-refractivity contribution in [2.24, 2.45) is 10.2 Å². The molecule has 2 N–H and O–H groups in total. The summed E-state index contributed by atoms with van der Waals surface area (Å²) >= 11 is 1.42. The highest BCUT2D eigenvalue weighted by atomic mass is 32.1. The van der Waals surface area contributed by atoms with Gasteiger partial charge in [0.25, 0.3) is 0 Å². The lowest BCUT2D eigenvalue weighted by molar-refractivity contribution is 0.284. The number of thiazole rings is 1. The van der Waals surface area contributed by atoms with Crippen LogP contribution in [0.3, 0.4) is 0 Å². The third kappa shape index (κ3) is 2.90. The average molecular weight is 327 g/mol. The zero-order valence-corrected chi connectivity index (χ0v) is 13.7. The van der Waals surface area contributed by atoms with Gasteiger partial charge < -0.3 is 10.2 Å². The molecule has 2 aromatic rings. The van der Waals surface area contributed by atoms with Gasteiger partial charge in [-0.3, -0.25) is 0 Å². The number of rotatable bonds is 3. The van der Waals surface area contributed by atoms with Gasteiger partial charge in [-0.25, -0.2) is 4.98 Å². The van der Waals surface area contributed by atoms with Gasteiger partial charge in [0.2, 0.25) is 0 Å². The maximum absolute atomic E-state index is 10.5. The smallest absolute Gasteiger partial charge is 0.193 e. The fourth-order valence-corrected chi connectivity index (χ4v) is 3.29. The second kappa shape index (κ2) is 5.96. The van der Waals surface area contributed by atoms with E-state index in [2.05, 4.69) is 15.2 Å². The maximum atomic E-state index is 10.5. The van der Waals surface area contributed by atoms with E-state index in [9.17, 15) is 10.2 Å². The van der Waals surface area contributed by atoms with Crippen LogP contribution < -0.4 is 0 Å². The van der Waals surface area contributed by atoms with Gasteiger partial charge >= 0.3 is 0 Å². The van der Waals surface area contributed by atoms with Gasteiger partial charge in [-0.05, 0) is 37.6 Å². The summed E-state index contributed by atoms with van der Waals surface area (Å²) in [5.74, 6) is 0.161. The first-order valence-corrected chi connectivity index (χ1v) is 8.08. The molecule has 1 aliphatic carbocycles. The molecule has 0 saturated heterocycles. The number of aromatic nitrogens is 1. The summed E-state index contributed by atoms with van der Waals surface area (Å²) in [5, 5.41) is 31.6. The summed E-state index contributed by atoms with van der Waals surface area (Å²) < 4.78 is 0. The molecular weight excluding hydrogens is 310 g/mol. The minimum Gasteiger partial charge on any atom is -0.509 e. The standard InChI is InChI=1S/C17H17N3O2S/c1-11-3-5-14(21)13(9-11)19-20-17(16-18-7-8-23-16)10-12(2)4-6-15(17)22/h3-9,21-22H,10H2,1-2H3. The lowest BCUT2D eigenvalue weighted by Crippen LogP contribution is -2.28. The molecule has 118 valence electrons. The molecule has 1 aromatic carbocycles. The van der Waals surface area contributed by atoms with Crippen LogP contribution in [0.15, 0.2) is 63.5 Å². The molecule has 0 fully saturated rings. The van der Waals surface area contributed by atoms with E-state index in [4.69, 9.17) is 0 Å². The van der Waals surface area contributed by atoms with Crippen LogP contribution in [-0.2, 0) is 5.54 Å². The van der Waals surface area contributed by atoms with Crippen LogP contribution in [0.4, 0.5) is 5.69 Å². The summed E-state index contributed by atoms with van der Waals surface area (Å²) in [4.78, 5) is 4.32. The molecule has 0 saturated carbocycles. The van der Waals surface area contributed by atoms with E-state index in [1.165, 1.54) is 11.3 Å². The zero-order valence-electron chi connectivity index (χ0n) is 12.9. The number of phenols is 1. The number of phenolic OH excluding ortho intramolecular Hbond substituents is 1. The molecule has 23 heavy (non-hydrogen) atoms. The van der Waals surface area contributed by atoms with E-state index in [1.807, 2.05) is 25.3 Å². The second-order valence-corrected chi connectivity index (χ2v) is 6.53. The first-order chi connectivity index (χ1) is 11.0. The molecule has 1 aliphatic rings. The third-order valence-electron chi connectivity index (χ3n) is 3.73. The highest BCUT2D eigenvalue weighted by Crippen LogP contribution is 2.43. The first kappa shape index (κ1) is 15.4. The van der Waals surface area contributed by atoms with Crippen molar-refractivity contribution in [1.29, 1.82) is 0 Å². The Balaban J connectivity index is 2.08. The van der Waals surface area contributed by atoms with Gasteiger partial charge in [-0.15, -0.1) is 11.3 Å². The van der Waals surface area contributed by atoms with Crippen molar-refractivity contribution in [3.05, 3.63) is 63.8 Å². The molecule has 0 aliphatic heterocycles. The Hall–Kier alpha value is -2.47. The number of aromatic hydroxyl groups is 1. The number of benzene rings is 1. The number of azo groups is 1. The van der Waals surface area contributed by atoms with E-state index >= 15 is 0 Å². The maximum Gasteiger partial charge on any atom is 0.193 e. The molecule has 0 amide bonds. The van der Waals surface area contributed by atoms with E-state index in [0.717, 1.165) is 11.1 Å². The van der Waals surface area contributed by atoms with Crippen LogP contribution in [-0.4, -0.2) is 15.2 Å². The van der Waals surface area contributed by atoms with Gasteiger partial charge in [0.15, 0.2) is 5.54 Å². The fraction of sp³-hybridized carbons (Fsp3) is 0.235. The minimum absolute atomic E-state index is 0.0557. The van der Waals surface area contributed by atoms with Gasteiger partial charge in [-0.2, -0.15) is 10.2 Å². The molecule has 0 radical (unpaired) electrons. The second-order valence-electron chi connectivity index (χ2n) is 5.63. The van der Waals surface area contributed by atoms with Crippen LogP contribution in [0.1, 0.15) is 23.9 Å². The van der Waals surface area contributed by atoms with E-state index in [0.29, 0.717) is 17.1 Å². The Morgan fingerprint density at radius 3 is 2.78 bits per heavy atom. The van der Waals surface area contributed by atoms with E-state index < -0.39 is 5.54 Å². The molecule has 1 unspecified atom stereocenters. The van der Waals surface area contributed by atoms with Gasteiger partial charge in [-0.1, -0.05) is 17.7 Å². The lowest BCUT2D eigenvalue weighted by atomic mass is 9.86. The van der Waals surface area contributed by atoms with E-state index in [1.54, 1.807) is 30.5 Å². The number of hydrogen-bond donors (Lipinski definition) is 2. The van der Waals surface area contributed by atoms with Crippen LogP contribution in [0, 0.1) is 6.92 Å². The van der Waals surface area contributed by atoms with Gasteiger partial charge in [0.1, 0.15) is 22.2 Å². The number of aryl methyl sites for hydroxylation is 1. The summed E-state index contributed by atoms with van der Waals surface area (Å²) in [6.07, 6.45) is 5.68. The van der Waals surface area contributed by atoms with Crippen molar-refractivity contribution < 1.29 is 10.2 Å². The summed E-state index contributed by atoms with van der Waals surface area (Å²) in [6, 6.07) is 5.14. The van der Waals surface area contributed by atoms with Gasteiger partial charge in [0, 0.05) is 18.0 Å². The predicted octanol–water partition coefficient (Wildman–Crippen LogP) is 4.93. The summed E-state index contributed by atoms with van der Waals surface area (Å²) in [6.45, 7) is 3.89. The van der Waals surface area contributed by atoms with Crippen LogP contribution in [0.5, 0.6) is 5.75 Å². The Labute approximate surface area is 138 Å². The van der Waals surface area contributed by atoms with Crippen molar-refractivity contribution in [3.8, 4) is 5.75 Å². The Morgan fingerprint density at radius 1 is 1.22 bits per heavy atom. The van der Waals surface area contributed by atoms with Crippen molar-refractivity contribution in [1.82, 2.24) is 4.98 Å². The molecule has 1 heterocycles. The molecule has 1 aromatic heterocycles. The fourth-order valence-electron chi connectivity index (χ4n) is 2.51. The third-order valence-corrected chi connectivity index (χ3v) is 4.65. The monoisotopic (exact) mass is 327 g/mol. The van der Waals surface area contributed by atoms with Crippen molar-refractivity contribution in [2.45, 2.75) is 25.8 Å². The summed E-state index contributed by atoms with van der Waals surface area (Å²) in [5.41, 5.74) is 1.40. The normalized spacial score (nSPS) is 21.3. The molecular formula is C17H17N3O2S.